The van der Waals surface area contributed by atoms with Gasteiger partial charge in [0.25, 0.3) is 0 Å². The molecule has 0 bridgehead atoms. The number of pyridine rings is 1. The molecule has 2 heteroatoms. The van der Waals surface area contributed by atoms with Gasteiger partial charge in [-0.15, -0.1) is 0 Å². The van der Waals surface area contributed by atoms with Crippen molar-refractivity contribution in [1.82, 2.24) is 4.57 Å². The summed E-state index contributed by atoms with van der Waals surface area (Å²) in [6.45, 7) is 6.28. The first kappa shape index (κ1) is 8.05. The van der Waals surface area contributed by atoms with Gasteiger partial charge in [-0.3, -0.25) is 4.79 Å². The van der Waals surface area contributed by atoms with Crippen LogP contribution in [0, 0.1) is 0 Å². The minimum atomic E-state index is 0.0606. The van der Waals surface area contributed by atoms with Crippen LogP contribution in [0.1, 0.15) is 20.8 Å². The number of aromatic nitrogens is 1. The Hall–Kier alpha value is -1.05. The first-order chi connectivity index (χ1) is 5.00. The molecule has 0 saturated carbocycles. The zero-order chi connectivity index (χ0) is 8.48. The summed E-state index contributed by atoms with van der Waals surface area (Å²) in [5, 5.41) is 0. The first-order valence-electron chi connectivity index (χ1n) is 3.69. The minimum absolute atomic E-state index is 0.0606. The molecule has 0 unspecified atom stereocenters. The van der Waals surface area contributed by atoms with Gasteiger partial charge in [0.05, 0.1) is 0 Å². The summed E-state index contributed by atoms with van der Waals surface area (Å²) in [5.41, 5.74) is 0.124. The van der Waals surface area contributed by atoms with Gasteiger partial charge in [0, 0.05) is 30.1 Å². The Labute approximate surface area is 66.5 Å². The third-order valence-electron chi connectivity index (χ3n) is 1.57. The quantitative estimate of drug-likeness (QED) is 0.552. The zero-order valence-corrected chi connectivity index (χ0v) is 7.16. The lowest BCUT2D eigenvalue weighted by molar-refractivity contribution is 0.394. The second-order valence-corrected chi connectivity index (χ2v) is 3.61. The van der Waals surface area contributed by atoms with E-state index in [2.05, 4.69) is 20.8 Å². The standard InChI is InChI=1S/C9H13NO/c1-9(2,3)10-6-4-8(11)5-7-10/h4-7H,1-3H3. The molecule has 0 fully saturated rings. The van der Waals surface area contributed by atoms with Gasteiger partial charge in [0.1, 0.15) is 0 Å². The zero-order valence-electron chi connectivity index (χ0n) is 7.16. The molecule has 1 aromatic rings. The van der Waals surface area contributed by atoms with Gasteiger partial charge in [-0.25, -0.2) is 0 Å². The maximum absolute atomic E-state index is 10.7. The molecular weight excluding hydrogens is 138 g/mol. The summed E-state index contributed by atoms with van der Waals surface area (Å²) in [6, 6.07) is 3.15. The molecule has 0 N–H and O–H groups in total. The molecule has 1 rings (SSSR count). The highest BCUT2D eigenvalue weighted by Crippen LogP contribution is 2.10. The van der Waals surface area contributed by atoms with Gasteiger partial charge < -0.3 is 4.57 Å². The second kappa shape index (κ2) is 2.53. The van der Waals surface area contributed by atoms with Crippen LogP contribution in [0.15, 0.2) is 29.3 Å². The molecule has 11 heavy (non-hydrogen) atoms. The molecule has 0 radical (unpaired) electrons. The molecule has 1 heterocycles. The monoisotopic (exact) mass is 151 g/mol. The summed E-state index contributed by atoms with van der Waals surface area (Å²) in [5.74, 6) is 0. The van der Waals surface area contributed by atoms with Gasteiger partial charge in [0.15, 0.2) is 5.43 Å². The maximum atomic E-state index is 10.7. The Morgan fingerprint density at radius 2 is 1.64 bits per heavy atom. The Kier molecular flexibility index (Phi) is 1.85. The van der Waals surface area contributed by atoms with E-state index in [0.29, 0.717) is 0 Å². The molecule has 0 amide bonds. The van der Waals surface area contributed by atoms with Crippen LogP contribution in [0.4, 0.5) is 0 Å². The van der Waals surface area contributed by atoms with Gasteiger partial charge >= 0.3 is 0 Å². The minimum Gasteiger partial charge on any atom is -0.349 e. The normalized spacial score (nSPS) is 11.5. The first-order valence-corrected chi connectivity index (χ1v) is 3.69. The van der Waals surface area contributed by atoms with Crippen molar-refractivity contribution < 1.29 is 0 Å². The van der Waals surface area contributed by atoms with E-state index in [1.807, 2.05) is 17.0 Å². The molecule has 0 aliphatic heterocycles. The van der Waals surface area contributed by atoms with E-state index >= 15 is 0 Å². The smallest absolute Gasteiger partial charge is 0.181 e. The number of hydrogen-bond donors (Lipinski definition) is 0. The topological polar surface area (TPSA) is 22.0 Å². The lowest BCUT2D eigenvalue weighted by atomic mass is 10.1. The summed E-state index contributed by atoms with van der Waals surface area (Å²) in [4.78, 5) is 10.7. The van der Waals surface area contributed by atoms with Gasteiger partial charge in [0.2, 0.25) is 0 Å². The van der Waals surface area contributed by atoms with Crippen molar-refractivity contribution in [2.75, 3.05) is 0 Å². The summed E-state index contributed by atoms with van der Waals surface area (Å²) in [7, 11) is 0. The fourth-order valence-electron chi connectivity index (χ4n) is 0.860. The molecular formula is C9H13NO. The molecule has 1 aromatic heterocycles. The summed E-state index contributed by atoms with van der Waals surface area (Å²) in [6.07, 6.45) is 3.62. The van der Waals surface area contributed by atoms with E-state index in [1.165, 1.54) is 0 Å². The van der Waals surface area contributed by atoms with Crippen molar-refractivity contribution in [2.45, 2.75) is 26.3 Å². The lowest BCUT2D eigenvalue weighted by Crippen LogP contribution is -2.22. The van der Waals surface area contributed by atoms with Crippen molar-refractivity contribution in [3.63, 3.8) is 0 Å². The van der Waals surface area contributed by atoms with E-state index in [1.54, 1.807) is 12.1 Å². The van der Waals surface area contributed by atoms with E-state index in [9.17, 15) is 4.79 Å². The Bertz CT molecular complexity index is 273. The highest BCUT2D eigenvalue weighted by molar-refractivity contribution is 4.96. The maximum Gasteiger partial charge on any atom is 0.181 e. The van der Waals surface area contributed by atoms with Crippen molar-refractivity contribution in [3.8, 4) is 0 Å². The van der Waals surface area contributed by atoms with Crippen LogP contribution in [0.2, 0.25) is 0 Å². The van der Waals surface area contributed by atoms with E-state index < -0.39 is 0 Å². The fraction of sp³-hybridized carbons (Fsp3) is 0.444. The van der Waals surface area contributed by atoms with Gasteiger partial charge in [-0.2, -0.15) is 0 Å². The third-order valence-corrected chi connectivity index (χ3v) is 1.57. The van der Waals surface area contributed by atoms with Crippen LogP contribution in [-0.4, -0.2) is 4.57 Å². The Balaban J connectivity index is 3.09. The third kappa shape index (κ3) is 1.93. The molecule has 0 aromatic carbocycles. The molecule has 0 aliphatic carbocycles. The highest BCUT2D eigenvalue weighted by Gasteiger charge is 2.09. The van der Waals surface area contributed by atoms with Crippen LogP contribution in [0.3, 0.4) is 0 Å². The van der Waals surface area contributed by atoms with Crippen LogP contribution in [0.25, 0.3) is 0 Å². The number of nitrogens with zero attached hydrogens (tertiary/aromatic N) is 1. The Morgan fingerprint density at radius 1 is 1.18 bits per heavy atom. The predicted molar refractivity (Wildman–Crippen MR) is 45.7 cm³/mol. The van der Waals surface area contributed by atoms with Crippen LogP contribution >= 0.6 is 0 Å². The lowest BCUT2D eigenvalue weighted by Gasteiger charge is -2.22. The predicted octanol–water partition coefficient (Wildman–Crippen LogP) is 1.60. The van der Waals surface area contributed by atoms with Crippen molar-refractivity contribution in [1.29, 1.82) is 0 Å². The number of rotatable bonds is 0. The average molecular weight is 151 g/mol. The second-order valence-electron chi connectivity index (χ2n) is 3.61. The molecule has 0 saturated heterocycles. The fourth-order valence-corrected chi connectivity index (χ4v) is 0.860. The molecule has 60 valence electrons. The largest absolute Gasteiger partial charge is 0.349 e. The highest BCUT2D eigenvalue weighted by atomic mass is 16.1. The van der Waals surface area contributed by atoms with Crippen LogP contribution in [-0.2, 0) is 5.54 Å². The van der Waals surface area contributed by atoms with Crippen molar-refractivity contribution >= 4 is 0 Å². The van der Waals surface area contributed by atoms with Gasteiger partial charge in [-0.1, -0.05) is 0 Å². The van der Waals surface area contributed by atoms with Crippen molar-refractivity contribution in [3.05, 3.63) is 34.7 Å². The average Bonchev–Trinajstić information content (AvgIpc) is 1.86. The van der Waals surface area contributed by atoms with Crippen LogP contribution < -0.4 is 5.43 Å². The van der Waals surface area contributed by atoms with E-state index in [4.69, 9.17) is 0 Å². The van der Waals surface area contributed by atoms with Crippen molar-refractivity contribution in [2.24, 2.45) is 0 Å². The molecule has 0 spiro atoms. The summed E-state index contributed by atoms with van der Waals surface area (Å²) < 4.78 is 2.01. The van der Waals surface area contributed by atoms with Gasteiger partial charge in [-0.05, 0) is 20.8 Å². The SMILES string of the molecule is CC(C)(C)n1ccc(=O)cc1. The Morgan fingerprint density at radius 3 is 2.00 bits per heavy atom. The van der Waals surface area contributed by atoms with E-state index in [0.717, 1.165) is 0 Å². The molecule has 2 nitrogen and oxygen atoms in total. The van der Waals surface area contributed by atoms with Crippen LogP contribution in [0.5, 0.6) is 0 Å². The number of hydrogen-bond acceptors (Lipinski definition) is 1. The summed E-state index contributed by atoms with van der Waals surface area (Å²) >= 11 is 0. The van der Waals surface area contributed by atoms with E-state index in [-0.39, 0.29) is 11.0 Å². The molecule has 0 aliphatic rings. The molecule has 0 atom stereocenters.